The van der Waals surface area contributed by atoms with Gasteiger partial charge in [-0.05, 0) is 25.5 Å². The number of pyridine rings is 1. The van der Waals surface area contributed by atoms with Crippen LogP contribution in [0.4, 0.5) is 5.82 Å². The van der Waals surface area contributed by atoms with Crippen LogP contribution in [0.2, 0.25) is 0 Å². The molecule has 0 aromatic carbocycles. The number of aliphatic carboxylic acids is 1. The first-order chi connectivity index (χ1) is 8.00. The predicted octanol–water partition coefficient (Wildman–Crippen LogP) is 2.25. The van der Waals surface area contributed by atoms with E-state index in [4.69, 9.17) is 5.11 Å². The predicted molar refractivity (Wildman–Crippen MR) is 68.3 cm³/mol. The fraction of sp³-hybridized carbons (Fsp3) is 0.385. The van der Waals surface area contributed by atoms with Crippen LogP contribution in [-0.4, -0.2) is 29.1 Å². The van der Waals surface area contributed by atoms with Crippen LogP contribution in [0.3, 0.4) is 0 Å². The van der Waals surface area contributed by atoms with Crippen LogP contribution in [0.1, 0.15) is 18.9 Å². The van der Waals surface area contributed by atoms with Crippen LogP contribution < -0.4 is 4.90 Å². The zero-order chi connectivity index (χ0) is 12.8. The van der Waals surface area contributed by atoms with Crippen molar-refractivity contribution in [1.82, 2.24) is 4.98 Å². The Morgan fingerprint density at radius 3 is 2.82 bits per heavy atom. The number of carbonyl (C=O) groups is 1. The molecule has 0 spiro atoms. The molecule has 0 aliphatic rings. The number of anilines is 1. The van der Waals surface area contributed by atoms with Gasteiger partial charge >= 0.3 is 5.97 Å². The molecule has 4 heteroatoms. The molecule has 1 N–H and O–H groups in total. The molecule has 92 valence electrons. The van der Waals surface area contributed by atoms with E-state index in [0.717, 1.165) is 17.0 Å². The van der Waals surface area contributed by atoms with Crippen LogP contribution in [0.25, 0.3) is 0 Å². The maximum atomic E-state index is 10.6. The van der Waals surface area contributed by atoms with E-state index in [9.17, 15) is 4.79 Å². The van der Waals surface area contributed by atoms with Gasteiger partial charge in [-0.3, -0.25) is 4.79 Å². The van der Waals surface area contributed by atoms with E-state index in [1.54, 1.807) is 6.20 Å². The molecule has 0 fully saturated rings. The minimum Gasteiger partial charge on any atom is -0.481 e. The highest BCUT2D eigenvalue weighted by atomic mass is 16.4. The molecule has 1 aromatic heterocycles. The third-order valence-electron chi connectivity index (χ3n) is 2.34. The highest BCUT2D eigenvalue weighted by molar-refractivity contribution is 5.67. The summed E-state index contributed by atoms with van der Waals surface area (Å²) < 4.78 is 0. The van der Waals surface area contributed by atoms with Crippen LogP contribution in [-0.2, 0) is 4.79 Å². The Kier molecular flexibility index (Phi) is 4.69. The largest absolute Gasteiger partial charge is 0.481 e. The molecular weight excluding hydrogens is 216 g/mol. The highest BCUT2D eigenvalue weighted by Gasteiger charge is 2.11. The fourth-order valence-electron chi connectivity index (χ4n) is 1.62. The number of aryl methyl sites for hydroxylation is 1. The zero-order valence-corrected chi connectivity index (χ0v) is 10.3. The summed E-state index contributed by atoms with van der Waals surface area (Å²) in [6.07, 6.45) is 1.82. The van der Waals surface area contributed by atoms with E-state index in [0.29, 0.717) is 13.1 Å². The summed E-state index contributed by atoms with van der Waals surface area (Å²) in [5.41, 5.74) is 2.03. The number of hydrogen-bond acceptors (Lipinski definition) is 3. The van der Waals surface area contributed by atoms with Gasteiger partial charge in [0, 0.05) is 19.3 Å². The second-order valence-corrected chi connectivity index (χ2v) is 4.17. The van der Waals surface area contributed by atoms with Gasteiger partial charge < -0.3 is 10.0 Å². The lowest BCUT2D eigenvalue weighted by atomic mass is 10.2. The number of carboxylic acid groups (broad SMARTS) is 1. The molecule has 0 bridgehead atoms. The summed E-state index contributed by atoms with van der Waals surface area (Å²) in [5.74, 6) is 0.0297. The molecule has 0 aliphatic carbocycles. The molecule has 0 unspecified atom stereocenters. The number of aromatic nitrogens is 1. The van der Waals surface area contributed by atoms with Crippen LogP contribution in [0.15, 0.2) is 30.5 Å². The monoisotopic (exact) mass is 234 g/mol. The van der Waals surface area contributed by atoms with Crippen molar-refractivity contribution in [3.63, 3.8) is 0 Å². The lowest BCUT2D eigenvalue weighted by Crippen LogP contribution is -2.29. The molecule has 1 aromatic rings. The standard InChI is InChI=1S/C13H18N2O2/c1-10(2)9-15(8-6-12(16)17)13-11(3)5-4-7-14-13/h4-5,7H,1,6,8-9H2,2-3H3,(H,16,17). The van der Waals surface area contributed by atoms with Gasteiger partial charge in [0.05, 0.1) is 6.42 Å². The Morgan fingerprint density at radius 1 is 1.59 bits per heavy atom. The molecule has 0 amide bonds. The van der Waals surface area contributed by atoms with Crippen molar-refractivity contribution in [3.8, 4) is 0 Å². The van der Waals surface area contributed by atoms with Gasteiger partial charge in [0.25, 0.3) is 0 Å². The van der Waals surface area contributed by atoms with Gasteiger partial charge in [-0.2, -0.15) is 0 Å². The summed E-state index contributed by atoms with van der Waals surface area (Å²) in [5, 5.41) is 8.74. The van der Waals surface area contributed by atoms with Crippen LogP contribution in [0.5, 0.6) is 0 Å². The Morgan fingerprint density at radius 2 is 2.29 bits per heavy atom. The van der Waals surface area contributed by atoms with Crippen molar-refractivity contribution in [3.05, 3.63) is 36.0 Å². The third kappa shape index (κ3) is 4.26. The third-order valence-corrected chi connectivity index (χ3v) is 2.34. The molecule has 17 heavy (non-hydrogen) atoms. The fourth-order valence-corrected chi connectivity index (χ4v) is 1.62. The Hall–Kier alpha value is -1.84. The number of hydrogen-bond donors (Lipinski definition) is 1. The Labute approximate surface area is 102 Å². The number of rotatable bonds is 6. The molecule has 0 radical (unpaired) electrons. The summed E-state index contributed by atoms with van der Waals surface area (Å²) in [7, 11) is 0. The first-order valence-corrected chi connectivity index (χ1v) is 5.53. The van der Waals surface area contributed by atoms with Gasteiger partial charge in [0.15, 0.2) is 0 Å². The lowest BCUT2D eigenvalue weighted by Gasteiger charge is -2.24. The summed E-state index contributed by atoms with van der Waals surface area (Å²) in [6, 6.07) is 3.84. The zero-order valence-electron chi connectivity index (χ0n) is 10.3. The number of nitrogens with zero attached hydrogens (tertiary/aromatic N) is 2. The normalized spacial score (nSPS) is 10.0. The minimum absolute atomic E-state index is 0.100. The summed E-state index contributed by atoms with van der Waals surface area (Å²) in [6.45, 7) is 8.82. The van der Waals surface area contributed by atoms with E-state index >= 15 is 0 Å². The van der Waals surface area contributed by atoms with Gasteiger partial charge in [0.2, 0.25) is 0 Å². The quantitative estimate of drug-likeness (QED) is 0.767. The van der Waals surface area contributed by atoms with E-state index < -0.39 is 5.97 Å². The van der Waals surface area contributed by atoms with E-state index in [1.807, 2.05) is 30.9 Å². The topological polar surface area (TPSA) is 53.4 Å². The molecule has 1 rings (SSSR count). The first kappa shape index (κ1) is 13.2. The average molecular weight is 234 g/mol. The van der Waals surface area contributed by atoms with E-state index in [1.165, 1.54) is 0 Å². The minimum atomic E-state index is -0.801. The van der Waals surface area contributed by atoms with Crippen molar-refractivity contribution in [2.75, 3.05) is 18.0 Å². The van der Waals surface area contributed by atoms with Crippen molar-refractivity contribution in [2.24, 2.45) is 0 Å². The molecular formula is C13H18N2O2. The average Bonchev–Trinajstić information content (AvgIpc) is 2.24. The lowest BCUT2D eigenvalue weighted by molar-refractivity contribution is -0.136. The van der Waals surface area contributed by atoms with E-state index in [-0.39, 0.29) is 6.42 Å². The molecule has 0 aliphatic heterocycles. The van der Waals surface area contributed by atoms with Crippen molar-refractivity contribution >= 4 is 11.8 Å². The summed E-state index contributed by atoms with van der Waals surface area (Å²) >= 11 is 0. The van der Waals surface area contributed by atoms with Crippen LogP contribution >= 0.6 is 0 Å². The SMILES string of the molecule is C=C(C)CN(CCC(=O)O)c1ncccc1C. The Bertz CT molecular complexity index is 416. The van der Waals surface area contributed by atoms with Gasteiger partial charge in [-0.25, -0.2) is 4.98 Å². The molecule has 0 saturated heterocycles. The summed E-state index contributed by atoms with van der Waals surface area (Å²) in [4.78, 5) is 16.9. The van der Waals surface area contributed by atoms with Crippen molar-refractivity contribution in [1.29, 1.82) is 0 Å². The smallest absolute Gasteiger partial charge is 0.305 e. The van der Waals surface area contributed by atoms with Gasteiger partial charge in [-0.15, -0.1) is 0 Å². The second kappa shape index (κ2) is 6.03. The van der Waals surface area contributed by atoms with Crippen molar-refractivity contribution in [2.45, 2.75) is 20.3 Å². The molecule has 0 atom stereocenters. The Balaban J connectivity index is 2.85. The van der Waals surface area contributed by atoms with E-state index in [2.05, 4.69) is 11.6 Å². The molecule has 0 saturated carbocycles. The maximum absolute atomic E-state index is 10.6. The van der Waals surface area contributed by atoms with Gasteiger partial charge in [-0.1, -0.05) is 18.2 Å². The first-order valence-electron chi connectivity index (χ1n) is 5.53. The maximum Gasteiger partial charge on any atom is 0.305 e. The van der Waals surface area contributed by atoms with Crippen molar-refractivity contribution < 1.29 is 9.90 Å². The van der Waals surface area contributed by atoms with Crippen LogP contribution in [0, 0.1) is 6.92 Å². The molecule has 4 nitrogen and oxygen atoms in total. The van der Waals surface area contributed by atoms with Gasteiger partial charge in [0.1, 0.15) is 5.82 Å². The molecule has 1 heterocycles. The number of carboxylic acids is 1. The second-order valence-electron chi connectivity index (χ2n) is 4.17. The highest BCUT2D eigenvalue weighted by Crippen LogP contribution is 2.17.